The topological polar surface area (TPSA) is 63.2 Å². The van der Waals surface area contributed by atoms with Crippen molar-refractivity contribution in [2.75, 3.05) is 17.7 Å². The van der Waals surface area contributed by atoms with Crippen molar-refractivity contribution in [3.8, 4) is 5.75 Å². The lowest BCUT2D eigenvalue weighted by molar-refractivity contribution is 0.102. The van der Waals surface area contributed by atoms with Crippen molar-refractivity contribution < 1.29 is 9.53 Å². The van der Waals surface area contributed by atoms with Gasteiger partial charge < -0.3 is 15.4 Å². The number of aromatic nitrogens is 1. The number of carbonyl (C=O) groups excluding carboxylic acids is 1. The minimum Gasteiger partial charge on any atom is -0.495 e. The Bertz CT molecular complexity index is 868. The van der Waals surface area contributed by atoms with E-state index in [1.165, 1.54) is 6.20 Å². The quantitative estimate of drug-likeness (QED) is 0.695. The van der Waals surface area contributed by atoms with Crippen molar-refractivity contribution in [1.82, 2.24) is 4.98 Å². The van der Waals surface area contributed by atoms with Crippen molar-refractivity contribution in [3.63, 3.8) is 0 Å². The van der Waals surface area contributed by atoms with E-state index >= 15 is 0 Å². The van der Waals surface area contributed by atoms with Crippen molar-refractivity contribution in [1.29, 1.82) is 0 Å². The molecule has 0 bridgehead atoms. The fourth-order valence-electron chi connectivity index (χ4n) is 2.22. The summed E-state index contributed by atoms with van der Waals surface area (Å²) in [6, 6.07) is 18.1. The first-order valence-corrected chi connectivity index (χ1v) is 7.96. The summed E-state index contributed by atoms with van der Waals surface area (Å²) in [6.07, 6.45) is 1.52. The molecule has 0 fully saturated rings. The zero-order valence-corrected chi connectivity index (χ0v) is 14.2. The van der Waals surface area contributed by atoms with Crippen LogP contribution in [0.3, 0.4) is 0 Å². The SMILES string of the molecule is COc1ccc(Nc2ccc(C(=O)Nc3ccccc3)cn2)cc1Cl. The number of nitrogens with one attached hydrogen (secondary N) is 2. The van der Waals surface area contributed by atoms with Gasteiger partial charge in [-0.15, -0.1) is 0 Å². The summed E-state index contributed by atoms with van der Waals surface area (Å²) >= 11 is 6.10. The van der Waals surface area contributed by atoms with Gasteiger partial charge in [-0.05, 0) is 42.5 Å². The fourth-order valence-corrected chi connectivity index (χ4v) is 2.48. The Morgan fingerprint density at radius 1 is 1.04 bits per heavy atom. The average Bonchev–Trinajstić information content (AvgIpc) is 2.63. The molecule has 2 aromatic carbocycles. The standard InChI is InChI=1S/C19H16ClN3O2/c1-25-17-9-8-15(11-16(17)20)22-18-10-7-13(12-21-18)19(24)23-14-5-3-2-4-6-14/h2-12H,1H3,(H,21,22)(H,23,24). The predicted octanol–water partition coefficient (Wildman–Crippen LogP) is 4.74. The number of pyridine rings is 1. The van der Waals surface area contributed by atoms with Crippen molar-refractivity contribution in [2.24, 2.45) is 0 Å². The molecule has 0 saturated heterocycles. The highest BCUT2D eigenvalue weighted by atomic mass is 35.5. The maximum atomic E-state index is 12.2. The molecule has 0 unspecified atom stereocenters. The molecule has 0 spiro atoms. The lowest BCUT2D eigenvalue weighted by Gasteiger charge is -2.09. The van der Waals surface area contributed by atoms with E-state index in [2.05, 4.69) is 15.6 Å². The number of methoxy groups -OCH3 is 1. The Morgan fingerprint density at radius 3 is 2.48 bits per heavy atom. The normalized spacial score (nSPS) is 10.2. The fraction of sp³-hybridized carbons (Fsp3) is 0.0526. The molecule has 0 aliphatic carbocycles. The Labute approximate surface area is 150 Å². The van der Waals surface area contributed by atoms with Crippen LogP contribution in [0.5, 0.6) is 5.75 Å². The van der Waals surface area contributed by atoms with Crippen LogP contribution in [0.25, 0.3) is 0 Å². The molecule has 0 aliphatic rings. The van der Waals surface area contributed by atoms with Crippen LogP contribution in [0.15, 0.2) is 66.9 Å². The molecule has 0 saturated carbocycles. The number of anilines is 3. The number of carbonyl (C=O) groups is 1. The van der Waals surface area contributed by atoms with Gasteiger partial charge in [0, 0.05) is 17.6 Å². The average molecular weight is 354 g/mol. The van der Waals surface area contributed by atoms with E-state index in [1.807, 2.05) is 36.4 Å². The molecule has 3 aromatic rings. The highest BCUT2D eigenvalue weighted by molar-refractivity contribution is 6.32. The summed E-state index contributed by atoms with van der Waals surface area (Å²) in [6.45, 7) is 0. The molecule has 6 heteroatoms. The van der Waals surface area contributed by atoms with Crippen LogP contribution in [0.1, 0.15) is 10.4 Å². The lowest BCUT2D eigenvalue weighted by atomic mass is 10.2. The molecule has 0 atom stereocenters. The summed E-state index contributed by atoms with van der Waals surface area (Å²) < 4.78 is 5.12. The molecule has 5 nitrogen and oxygen atoms in total. The number of rotatable bonds is 5. The maximum Gasteiger partial charge on any atom is 0.257 e. The molecule has 2 N–H and O–H groups in total. The number of halogens is 1. The van der Waals surface area contributed by atoms with Crippen molar-refractivity contribution in [3.05, 3.63) is 77.4 Å². The number of benzene rings is 2. The molecule has 126 valence electrons. The zero-order valence-electron chi connectivity index (χ0n) is 13.5. The second-order valence-electron chi connectivity index (χ2n) is 5.23. The Kier molecular flexibility index (Phi) is 5.16. The van der Waals surface area contributed by atoms with E-state index in [0.717, 1.165) is 11.4 Å². The second-order valence-corrected chi connectivity index (χ2v) is 5.63. The van der Waals surface area contributed by atoms with Gasteiger partial charge in [-0.3, -0.25) is 4.79 Å². The van der Waals surface area contributed by atoms with E-state index in [0.29, 0.717) is 22.2 Å². The Hall–Kier alpha value is -3.05. The van der Waals surface area contributed by atoms with Gasteiger partial charge in [-0.1, -0.05) is 29.8 Å². The van der Waals surface area contributed by atoms with Gasteiger partial charge in [0.25, 0.3) is 5.91 Å². The smallest absolute Gasteiger partial charge is 0.257 e. The summed E-state index contributed by atoms with van der Waals surface area (Å²) in [5.41, 5.74) is 1.99. The number of ether oxygens (including phenoxy) is 1. The third-order valence-electron chi connectivity index (χ3n) is 3.48. The van der Waals surface area contributed by atoms with E-state index in [-0.39, 0.29) is 5.91 Å². The van der Waals surface area contributed by atoms with E-state index in [9.17, 15) is 4.79 Å². The summed E-state index contributed by atoms with van der Waals surface area (Å²) in [4.78, 5) is 16.5. The monoisotopic (exact) mass is 353 g/mol. The van der Waals surface area contributed by atoms with E-state index in [4.69, 9.17) is 16.3 Å². The summed E-state index contributed by atoms with van der Waals surface area (Å²) in [7, 11) is 1.56. The van der Waals surface area contributed by atoms with Gasteiger partial charge >= 0.3 is 0 Å². The lowest BCUT2D eigenvalue weighted by Crippen LogP contribution is -2.12. The third-order valence-corrected chi connectivity index (χ3v) is 3.78. The highest BCUT2D eigenvalue weighted by Crippen LogP contribution is 2.28. The molecular formula is C19H16ClN3O2. The van der Waals surface area contributed by atoms with Crippen LogP contribution in [-0.4, -0.2) is 18.0 Å². The molecule has 1 aromatic heterocycles. The van der Waals surface area contributed by atoms with Crippen LogP contribution < -0.4 is 15.4 Å². The summed E-state index contributed by atoms with van der Waals surface area (Å²) in [5, 5.41) is 6.45. The number of nitrogens with zero attached hydrogens (tertiary/aromatic N) is 1. The van der Waals surface area contributed by atoms with Gasteiger partial charge in [-0.2, -0.15) is 0 Å². The largest absolute Gasteiger partial charge is 0.495 e. The van der Waals surface area contributed by atoms with Crippen LogP contribution >= 0.6 is 11.6 Å². The number of amides is 1. The van der Waals surface area contributed by atoms with Gasteiger partial charge in [0.2, 0.25) is 0 Å². The van der Waals surface area contributed by atoms with Gasteiger partial charge in [-0.25, -0.2) is 4.98 Å². The van der Waals surface area contributed by atoms with Crippen LogP contribution in [0.4, 0.5) is 17.2 Å². The first kappa shape index (κ1) is 16.8. The van der Waals surface area contributed by atoms with Gasteiger partial charge in [0.15, 0.2) is 0 Å². The Morgan fingerprint density at radius 2 is 1.84 bits per heavy atom. The first-order chi connectivity index (χ1) is 12.2. The van der Waals surface area contributed by atoms with Gasteiger partial charge in [0.05, 0.1) is 17.7 Å². The van der Waals surface area contributed by atoms with Crippen LogP contribution in [-0.2, 0) is 0 Å². The molecule has 25 heavy (non-hydrogen) atoms. The molecular weight excluding hydrogens is 338 g/mol. The van der Waals surface area contributed by atoms with Crippen molar-refractivity contribution in [2.45, 2.75) is 0 Å². The Balaban J connectivity index is 1.67. The molecule has 0 aliphatic heterocycles. The van der Waals surface area contributed by atoms with E-state index < -0.39 is 0 Å². The zero-order chi connectivity index (χ0) is 17.6. The number of hydrogen-bond acceptors (Lipinski definition) is 4. The first-order valence-electron chi connectivity index (χ1n) is 7.59. The molecule has 1 amide bonds. The van der Waals surface area contributed by atoms with Crippen LogP contribution in [0, 0.1) is 0 Å². The minimum atomic E-state index is -0.210. The predicted molar refractivity (Wildman–Crippen MR) is 99.9 cm³/mol. The van der Waals surface area contributed by atoms with E-state index in [1.54, 1.807) is 31.4 Å². The number of para-hydroxylation sites is 1. The van der Waals surface area contributed by atoms with Gasteiger partial charge in [0.1, 0.15) is 11.6 Å². The highest BCUT2D eigenvalue weighted by Gasteiger charge is 2.07. The van der Waals surface area contributed by atoms with Crippen LogP contribution in [0.2, 0.25) is 5.02 Å². The van der Waals surface area contributed by atoms with Crippen molar-refractivity contribution >= 4 is 34.7 Å². The third kappa shape index (κ3) is 4.28. The maximum absolute atomic E-state index is 12.2. The minimum absolute atomic E-state index is 0.210. The molecule has 3 rings (SSSR count). The second kappa shape index (κ2) is 7.68. The number of hydrogen-bond donors (Lipinski definition) is 2. The summed E-state index contributed by atoms with van der Waals surface area (Å²) in [5.74, 6) is 1.00. The molecule has 0 radical (unpaired) electrons. The molecule has 1 heterocycles.